The van der Waals surface area contributed by atoms with Crippen molar-refractivity contribution in [1.82, 2.24) is 5.32 Å². The van der Waals surface area contributed by atoms with Crippen LogP contribution in [0.15, 0.2) is 24.3 Å². The van der Waals surface area contributed by atoms with Crippen LogP contribution < -0.4 is 10.1 Å². The van der Waals surface area contributed by atoms with Crippen LogP contribution in [0.2, 0.25) is 0 Å². The zero-order chi connectivity index (χ0) is 14.5. The fourth-order valence-electron chi connectivity index (χ4n) is 2.23. The molecule has 0 saturated carbocycles. The summed E-state index contributed by atoms with van der Waals surface area (Å²) in [6, 6.07) is 8.89. The van der Waals surface area contributed by atoms with Gasteiger partial charge in [-0.3, -0.25) is 0 Å². The van der Waals surface area contributed by atoms with Gasteiger partial charge in [0, 0.05) is 6.04 Å². The van der Waals surface area contributed by atoms with Crippen LogP contribution in [0.25, 0.3) is 0 Å². The van der Waals surface area contributed by atoms with E-state index in [0.29, 0.717) is 6.04 Å². The van der Waals surface area contributed by atoms with E-state index in [9.17, 15) is 0 Å². The second-order valence-electron chi connectivity index (χ2n) is 6.17. The van der Waals surface area contributed by atoms with Crippen molar-refractivity contribution in [1.29, 1.82) is 0 Å². The van der Waals surface area contributed by atoms with Gasteiger partial charge >= 0.3 is 0 Å². The third kappa shape index (κ3) is 4.87. The lowest BCUT2D eigenvalue weighted by molar-refractivity contribution is 0.168. The smallest absolute Gasteiger partial charge is 0.119 e. The maximum absolute atomic E-state index is 6.03. The highest BCUT2D eigenvalue weighted by Crippen LogP contribution is 2.24. The highest BCUT2D eigenvalue weighted by molar-refractivity contribution is 5.31. The first-order valence-electron chi connectivity index (χ1n) is 7.39. The van der Waals surface area contributed by atoms with Crippen LogP contribution >= 0.6 is 0 Å². The number of benzene rings is 1. The standard InChI is InChI=1S/C17H29NO/c1-7-16(18-8-2)13(3)19-15-11-9-14(10-12-15)17(4,5)6/h9-13,16,18H,7-8H2,1-6H3. The average Bonchev–Trinajstić information content (AvgIpc) is 2.35. The SMILES string of the molecule is CCNC(CC)C(C)Oc1ccc(C(C)(C)C)cc1. The van der Waals surface area contributed by atoms with Gasteiger partial charge in [0.1, 0.15) is 11.9 Å². The Hall–Kier alpha value is -1.02. The highest BCUT2D eigenvalue weighted by atomic mass is 16.5. The lowest BCUT2D eigenvalue weighted by Gasteiger charge is -2.25. The molecule has 0 aliphatic carbocycles. The molecule has 0 heterocycles. The Morgan fingerprint density at radius 2 is 1.68 bits per heavy atom. The first-order chi connectivity index (χ1) is 8.88. The van der Waals surface area contributed by atoms with Gasteiger partial charge in [-0.2, -0.15) is 0 Å². The summed E-state index contributed by atoms with van der Waals surface area (Å²) in [5.41, 5.74) is 1.53. The largest absolute Gasteiger partial charge is 0.489 e. The molecule has 108 valence electrons. The molecule has 0 aliphatic heterocycles. The Morgan fingerprint density at radius 3 is 2.11 bits per heavy atom. The Bertz CT molecular complexity index is 364. The molecule has 0 amide bonds. The van der Waals surface area contributed by atoms with Crippen LogP contribution in [0.3, 0.4) is 0 Å². The lowest BCUT2D eigenvalue weighted by atomic mass is 9.87. The minimum absolute atomic E-state index is 0.186. The Morgan fingerprint density at radius 1 is 1.11 bits per heavy atom. The number of nitrogens with one attached hydrogen (secondary N) is 1. The molecule has 1 aromatic carbocycles. The maximum Gasteiger partial charge on any atom is 0.119 e. The molecule has 2 unspecified atom stereocenters. The zero-order valence-electron chi connectivity index (χ0n) is 13.3. The van der Waals surface area contributed by atoms with Crippen LogP contribution in [0.4, 0.5) is 0 Å². The summed E-state index contributed by atoms with van der Waals surface area (Å²) < 4.78 is 6.03. The Labute approximate surface area is 118 Å². The second-order valence-corrected chi connectivity index (χ2v) is 6.17. The maximum atomic E-state index is 6.03. The van der Waals surface area contributed by atoms with Crippen molar-refractivity contribution in [2.75, 3.05) is 6.54 Å². The van der Waals surface area contributed by atoms with Gasteiger partial charge < -0.3 is 10.1 Å². The van der Waals surface area contributed by atoms with Gasteiger partial charge in [-0.05, 0) is 43.0 Å². The first-order valence-corrected chi connectivity index (χ1v) is 7.39. The Balaban J connectivity index is 2.67. The minimum atomic E-state index is 0.186. The molecule has 2 heteroatoms. The van der Waals surface area contributed by atoms with Crippen molar-refractivity contribution >= 4 is 0 Å². The molecule has 19 heavy (non-hydrogen) atoms. The van der Waals surface area contributed by atoms with Crippen molar-refractivity contribution < 1.29 is 4.74 Å². The zero-order valence-corrected chi connectivity index (χ0v) is 13.3. The van der Waals surface area contributed by atoms with Crippen molar-refractivity contribution in [3.05, 3.63) is 29.8 Å². The van der Waals surface area contributed by atoms with Crippen LogP contribution in [0.5, 0.6) is 5.75 Å². The van der Waals surface area contributed by atoms with E-state index in [-0.39, 0.29) is 11.5 Å². The van der Waals surface area contributed by atoms with E-state index in [1.807, 2.05) is 0 Å². The highest BCUT2D eigenvalue weighted by Gasteiger charge is 2.17. The van der Waals surface area contributed by atoms with Crippen molar-refractivity contribution in [3.63, 3.8) is 0 Å². The fourth-order valence-corrected chi connectivity index (χ4v) is 2.23. The molecular weight excluding hydrogens is 234 g/mol. The molecular formula is C17H29NO. The third-order valence-corrected chi connectivity index (χ3v) is 3.52. The molecule has 0 radical (unpaired) electrons. The van der Waals surface area contributed by atoms with E-state index in [1.165, 1.54) is 5.56 Å². The number of rotatable bonds is 6. The first kappa shape index (κ1) is 16.0. The summed E-state index contributed by atoms with van der Waals surface area (Å²) in [6.45, 7) is 14.1. The summed E-state index contributed by atoms with van der Waals surface area (Å²) >= 11 is 0. The van der Waals surface area contributed by atoms with Gasteiger partial charge in [0.2, 0.25) is 0 Å². The minimum Gasteiger partial charge on any atom is -0.489 e. The second kappa shape index (κ2) is 6.95. The third-order valence-electron chi connectivity index (χ3n) is 3.52. The molecule has 1 N–H and O–H groups in total. The number of hydrogen-bond acceptors (Lipinski definition) is 2. The number of hydrogen-bond donors (Lipinski definition) is 1. The van der Waals surface area contributed by atoms with Gasteiger partial charge in [-0.15, -0.1) is 0 Å². The van der Waals surface area contributed by atoms with Gasteiger partial charge in [-0.1, -0.05) is 46.8 Å². The predicted octanol–water partition coefficient (Wildman–Crippen LogP) is 4.14. The Kier molecular flexibility index (Phi) is 5.86. The predicted molar refractivity (Wildman–Crippen MR) is 83.0 cm³/mol. The van der Waals surface area contributed by atoms with Gasteiger partial charge in [0.05, 0.1) is 0 Å². The van der Waals surface area contributed by atoms with Crippen LogP contribution in [0.1, 0.15) is 53.5 Å². The summed E-state index contributed by atoms with van der Waals surface area (Å²) in [5.74, 6) is 0.955. The molecule has 1 rings (SSSR count). The normalized spacial score (nSPS) is 15.1. The molecule has 1 aromatic rings. The number of likely N-dealkylation sites (N-methyl/N-ethyl adjacent to an activating group) is 1. The van der Waals surface area contributed by atoms with E-state index < -0.39 is 0 Å². The van der Waals surface area contributed by atoms with Crippen molar-refractivity contribution in [3.8, 4) is 5.75 Å². The monoisotopic (exact) mass is 263 g/mol. The molecule has 0 spiro atoms. The quantitative estimate of drug-likeness (QED) is 0.833. The van der Waals surface area contributed by atoms with Crippen LogP contribution in [-0.2, 0) is 5.41 Å². The molecule has 2 atom stereocenters. The summed E-state index contributed by atoms with van der Waals surface area (Å²) in [5, 5.41) is 3.46. The van der Waals surface area contributed by atoms with Gasteiger partial charge in [-0.25, -0.2) is 0 Å². The topological polar surface area (TPSA) is 21.3 Å². The average molecular weight is 263 g/mol. The summed E-state index contributed by atoms with van der Waals surface area (Å²) in [6.07, 6.45) is 1.26. The number of ether oxygens (including phenoxy) is 1. The van der Waals surface area contributed by atoms with E-state index in [4.69, 9.17) is 4.74 Å². The molecule has 0 aromatic heterocycles. The van der Waals surface area contributed by atoms with Gasteiger partial charge in [0.15, 0.2) is 0 Å². The van der Waals surface area contributed by atoms with E-state index >= 15 is 0 Å². The van der Waals surface area contributed by atoms with E-state index in [0.717, 1.165) is 18.7 Å². The van der Waals surface area contributed by atoms with E-state index in [1.54, 1.807) is 0 Å². The van der Waals surface area contributed by atoms with Crippen molar-refractivity contribution in [2.45, 2.75) is 65.5 Å². The molecule has 0 fully saturated rings. The molecule has 0 saturated heterocycles. The molecule has 0 aliphatic rings. The summed E-state index contributed by atoms with van der Waals surface area (Å²) in [7, 11) is 0. The fraction of sp³-hybridized carbons (Fsp3) is 0.647. The summed E-state index contributed by atoms with van der Waals surface area (Å²) in [4.78, 5) is 0. The van der Waals surface area contributed by atoms with Crippen LogP contribution in [0, 0.1) is 0 Å². The van der Waals surface area contributed by atoms with E-state index in [2.05, 4.69) is 71.1 Å². The molecule has 0 bridgehead atoms. The molecule has 2 nitrogen and oxygen atoms in total. The van der Waals surface area contributed by atoms with Crippen LogP contribution in [-0.4, -0.2) is 18.7 Å². The van der Waals surface area contributed by atoms with Crippen molar-refractivity contribution in [2.24, 2.45) is 0 Å². The van der Waals surface area contributed by atoms with Gasteiger partial charge in [0.25, 0.3) is 0 Å². The lowest BCUT2D eigenvalue weighted by Crippen LogP contribution is -2.40.